The molecule has 0 atom stereocenters. The zero-order valence-electron chi connectivity index (χ0n) is 16.1. The lowest BCUT2D eigenvalue weighted by molar-refractivity contribution is -0.128. The van der Waals surface area contributed by atoms with Crippen molar-refractivity contribution in [3.63, 3.8) is 0 Å². The van der Waals surface area contributed by atoms with Gasteiger partial charge in [-0.15, -0.1) is 0 Å². The van der Waals surface area contributed by atoms with E-state index in [1.807, 2.05) is 13.8 Å². The number of hydrogen-bond acceptors (Lipinski definition) is 3. The van der Waals surface area contributed by atoms with Gasteiger partial charge in [-0.1, -0.05) is 0 Å². The van der Waals surface area contributed by atoms with Gasteiger partial charge in [-0.25, -0.2) is 4.39 Å². The fourth-order valence-corrected chi connectivity index (χ4v) is 2.51. The van der Waals surface area contributed by atoms with Crippen molar-refractivity contribution in [1.29, 1.82) is 0 Å². The number of carbonyl (C=O) groups is 2. The third-order valence-corrected chi connectivity index (χ3v) is 4.17. The predicted octanol–water partition coefficient (Wildman–Crippen LogP) is 4.10. The molecule has 0 unspecified atom stereocenters. The largest absolute Gasteiger partial charge is 0.478 e. The Labute approximate surface area is 159 Å². The van der Waals surface area contributed by atoms with E-state index in [4.69, 9.17) is 4.74 Å². The van der Waals surface area contributed by atoms with E-state index in [-0.39, 0.29) is 17.6 Å². The van der Waals surface area contributed by atoms with Gasteiger partial charge < -0.3 is 15.0 Å². The molecule has 5 nitrogen and oxygen atoms in total. The van der Waals surface area contributed by atoms with Gasteiger partial charge in [0.05, 0.1) is 0 Å². The lowest BCUT2D eigenvalue weighted by Crippen LogP contribution is -2.42. The van der Waals surface area contributed by atoms with Crippen molar-refractivity contribution < 1.29 is 18.7 Å². The number of rotatable bonds is 7. The number of halogens is 1. The van der Waals surface area contributed by atoms with Gasteiger partial charge in [-0.3, -0.25) is 9.59 Å². The number of carbonyl (C=O) groups excluding carboxylic acids is 2. The number of nitrogens with one attached hydrogen (secondary N) is 1. The lowest BCUT2D eigenvalue weighted by atomic mass is 10.1. The van der Waals surface area contributed by atoms with E-state index >= 15 is 0 Å². The molecule has 0 saturated carbocycles. The van der Waals surface area contributed by atoms with Crippen LogP contribution >= 0.6 is 0 Å². The van der Waals surface area contributed by atoms with Crippen molar-refractivity contribution in [1.82, 2.24) is 4.90 Å². The maximum Gasteiger partial charge on any atom is 0.267 e. The van der Waals surface area contributed by atoms with Crippen LogP contribution in [0.5, 0.6) is 5.75 Å². The fourth-order valence-electron chi connectivity index (χ4n) is 2.51. The van der Waals surface area contributed by atoms with Crippen molar-refractivity contribution in [3.05, 3.63) is 59.9 Å². The summed E-state index contributed by atoms with van der Waals surface area (Å²) in [5, 5.41) is 2.77. The van der Waals surface area contributed by atoms with E-state index < -0.39 is 5.60 Å². The molecule has 6 heteroatoms. The highest BCUT2D eigenvalue weighted by Crippen LogP contribution is 2.21. The number of ether oxygens (including phenoxy) is 1. The van der Waals surface area contributed by atoms with Crippen molar-refractivity contribution >= 4 is 17.5 Å². The Hall–Kier alpha value is -2.89. The van der Waals surface area contributed by atoms with Crippen LogP contribution in [0.2, 0.25) is 0 Å². The van der Waals surface area contributed by atoms with Crippen LogP contribution in [0, 0.1) is 5.82 Å². The molecule has 27 heavy (non-hydrogen) atoms. The van der Waals surface area contributed by atoms with Crippen molar-refractivity contribution in [2.24, 2.45) is 0 Å². The third-order valence-electron chi connectivity index (χ3n) is 4.17. The summed E-state index contributed by atoms with van der Waals surface area (Å²) >= 11 is 0. The van der Waals surface area contributed by atoms with Crippen molar-refractivity contribution in [2.45, 2.75) is 33.3 Å². The van der Waals surface area contributed by atoms with E-state index in [9.17, 15) is 14.0 Å². The molecule has 2 aromatic carbocycles. The zero-order chi connectivity index (χ0) is 20.0. The number of amides is 2. The second-order valence-corrected chi connectivity index (χ2v) is 6.58. The second kappa shape index (κ2) is 8.66. The molecule has 0 radical (unpaired) electrons. The van der Waals surface area contributed by atoms with E-state index in [1.54, 1.807) is 43.0 Å². The van der Waals surface area contributed by atoms with Crippen molar-refractivity contribution in [3.8, 4) is 5.75 Å². The van der Waals surface area contributed by atoms with Crippen LogP contribution < -0.4 is 10.1 Å². The quantitative estimate of drug-likeness (QED) is 0.796. The van der Waals surface area contributed by atoms with Crippen LogP contribution in [0.4, 0.5) is 10.1 Å². The molecular weight excluding hydrogens is 347 g/mol. The highest BCUT2D eigenvalue weighted by atomic mass is 19.1. The minimum atomic E-state index is -1.16. The maximum atomic E-state index is 13.0. The Morgan fingerprint density at radius 1 is 1.00 bits per heavy atom. The predicted molar refractivity (Wildman–Crippen MR) is 103 cm³/mol. The van der Waals surface area contributed by atoms with Gasteiger partial charge in [0.2, 0.25) is 0 Å². The normalized spacial score (nSPS) is 11.0. The number of hydrogen-bond donors (Lipinski definition) is 1. The average Bonchev–Trinajstić information content (AvgIpc) is 2.65. The highest BCUT2D eigenvalue weighted by Gasteiger charge is 2.30. The van der Waals surface area contributed by atoms with Crippen LogP contribution in [0.25, 0.3) is 0 Å². The number of anilines is 1. The maximum absolute atomic E-state index is 13.0. The summed E-state index contributed by atoms with van der Waals surface area (Å²) in [6.45, 7) is 8.40. The topological polar surface area (TPSA) is 58.6 Å². The second-order valence-electron chi connectivity index (χ2n) is 6.58. The third kappa shape index (κ3) is 5.29. The molecule has 144 valence electrons. The minimum absolute atomic E-state index is 0.0437. The molecule has 1 N–H and O–H groups in total. The molecular formula is C21H25FN2O3. The summed E-state index contributed by atoms with van der Waals surface area (Å²) in [5.41, 5.74) is -0.0292. The first kappa shape index (κ1) is 20.4. The molecule has 0 spiro atoms. The molecule has 2 aromatic rings. The first-order valence-electron chi connectivity index (χ1n) is 8.92. The first-order valence-corrected chi connectivity index (χ1v) is 8.92. The molecule has 0 saturated heterocycles. The summed E-state index contributed by atoms with van der Waals surface area (Å²) < 4.78 is 18.7. The summed E-state index contributed by atoms with van der Waals surface area (Å²) in [4.78, 5) is 26.6. The van der Waals surface area contributed by atoms with Crippen LogP contribution in [0.3, 0.4) is 0 Å². The van der Waals surface area contributed by atoms with Crippen LogP contribution in [0.15, 0.2) is 48.5 Å². The van der Waals surface area contributed by atoms with Gasteiger partial charge in [0.15, 0.2) is 5.60 Å². The van der Waals surface area contributed by atoms with Crippen molar-refractivity contribution in [2.75, 3.05) is 18.4 Å². The van der Waals surface area contributed by atoms with Gasteiger partial charge in [-0.2, -0.15) is 0 Å². The van der Waals surface area contributed by atoms with Gasteiger partial charge in [0, 0.05) is 24.3 Å². The Morgan fingerprint density at radius 3 is 2.07 bits per heavy atom. The van der Waals surface area contributed by atoms with Gasteiger partial charge in [0.1, 0.15) is 11.6 Å². The smallest absolute Gasteiger partial charge is 0.267 e. The Morgan fingerprint density at radius 2 is 1.56 bits per heavy atom. The summed E-state index contributed by atoms with van der Waals surface area (Å²) in [6.07, 6.45) is 0. The lowest BCUT2D eigenvalue weighted by Gasteiger charge is -2.25. The molecule has 0 aliphatic rings. The highest BCUT2D eigenvalue weighted by molar-refractivity contribution is 5.98. The molecule has 2 amide bonds. The summed E-state index contributed by atoms with van der Waals surface area (Å²) in [6, 6.07) is 12.2. The molecule has 2 rings (SSSR count). The first-order chi connectivity index (χ1) is 12.8. The SMILES string of the molecule is CCN(CC)C(=O)c1ccc(NC(=O)C(C)(C)Oc2ccc(F)cc2)cc1. The number of nitrogens with zero attached hydrogens (tertiary/aromatic N) is 1. The Balaban J connectivity index is 2.04. The van der Waals surface area contributed by atoms with E-state index in [2.05, 4.69) is 5.32 Å². The number of benzene rings is 2. The molecule has 0 fully saturated rings. The van der Waals surface area contributed by atoms with E-state index in [0.29, 0.717) is 30.1 Å². The standard InChI is InChI=1S/C21H25FN2O3/c1-5-24(6-2)19(25)15-7-11-17(12-8-15)23-20(26)21(3,4)27-18-13-9-16(22)10-14-18/h7-14H,5-6H2,1-4H3,(H,23,26). The molecule has 0 bridgehead atoms. The summed E-state index contributed by atoms with van der Waals surface area (Å²) in [7, 11) is 0. The summed E-state index contributed by atoms with van der Waals surface area (Å²) in [5.74, 6) is -0.367. The molecule has 0 aliphatic heterocycles. The molecule has 0 aliphatic carbocycles. The monoisotopic (exact) mass is 372 g/mol. The Bertz CT molecular complexity index is 782. The fraction of sp³-hybridized carbons (Fsp3) is 0.333. The zero-order valence-corrected chi connectivity index (χ0v) is 16.1. The minimum Gasteiger partial charge on any atom is -0.478 e. The van der Waals surface area contributed by atoms with Crippen LogP contribution in [-0.4, -0.2) is 35.4 Å². The van der Waals surface area contributed by atoms with E-state index in [1.165, 1.54) is 24.3 Å². The Kier molecular flexibility index (Phi) is 6.55. The average molecular weight is 372 g/mol. The van der Waals surface area contributed by atoms with Crippen LogP contribution in [0.1, 0.15) is 38.1 Å². The van der Waals surface area contributed by atoms with Gasteiger partial charge in [-0.05, 0) is 76.2 Å². The van der Waals surface area contributed by atoms with Gasteiger partial charge >= 0.3 is 0 Å². The van der Waals surface area contributed by atoms with Gasteiger partial charge in [0.25, 0.3) is 11.8 Å². The van der Waals surface area contributed by atoms with E-state index in [0.717, 1.165) is 0 Å². The molecule has 0 aromatic heterocycles. The molecule has 0 heterocycles. The van der Waals surface area contributed by atoms with Crippen LogP contribution in [-0.2, 0) is 4.79 Å².